The number of carbonyl (C=O) groups is 1. The van der Waals surface area contributed by atoms with Gasteiger partial charge in [-0.05, 0) is 43.9 Å². The first-order valence-corrected chi connectivity index (χ1v) is 5.80. The van der Waals surface area contributed by atoms with Gasteiger partial charge in [0.25, 0.3) is 5.91 Å². The predicted molar refractivity (Wildman–Crippen MR) is 64.1 cm³/mol. The van der Waals surface area contributed by atoms with Gasteiger partial charge in [0.1, 0.15) is 11.5 Å². The van der Waals surface area contributed by atoms with Gasteiger partial charge in [-0.15, -0.1) is 0 Å². The third-order valence-corrected chi connectivity index (χ3v) is 3.45. The molecule has 1 aliphatic carbocycles. The number of hydrogen-bond acceptors (Lipinski definition) is 3. The van der Waals surface area contributed by atoms with E-state index in [9.17, 15) is 15.0 Å². The largest absolute Gasteiger partial charge is 0.508 e. The van der Waals surface area contributed by atoms with Gasteiger partial charge in [-0.1, -0.05) is 0 Å². The van der Waals surface area contributed by atoms with Crippen molar-refractivity contribution >= 4 is 5.91 Å². The molecular formula is C13H17NO3. The van der Waals surface area contributed by atoms with Crippen molar-refractivity contribution in [3.63, 3.8) is 0 Å². The highest BCUT2D eigenvalue weighted by Gasteiger charge is 2.33. The van der Waals surface area contributed by atoms with Crippen molar-refractivity contribution in [1.82, 2.24) is 4.90 Å². The van der Waals surface area contributed by atoms with Crippen LogP contribution in [0.15, 0.2) is 18.2 Å². The zero-order valence-electron chi connectivity index (χ0n) is 10.1. The third-order valence-electron chi connectivity index (χ3n) is 3.45. The Hall–Kier alpha value is -1.71. The van der Waals surface area contributed by atoms with Crippen LogP contribution in [0.1, 0.15) is 30.1 Å². The molecule has 0 aliphatic heterocycles. The van der Waals surface area contributed by atoms with Crippen molar-refractivity contribution < 1.29 is 15.0 Å². The van der Waals surface area contributed by atoms with Crippen LogP contribution in [-0.2, 0) is 0 Å². The van der Waals surface area contributed by atoms with Gasteiger partial charge in [0.05, 0.1) is 5.56 Å². The number of phenolic OH excluding ortho intramolecular Hbond substituents is 2. The van der Waals surface area contributed by atoms with Crippen molar-refractivity contribution in [3.8, 4) is 11.5 Å². The molecule has 1 aromatic carbocycles. The number of benzene rings is 1. The first-order valence-electron chi connectivity index (χ1n) is 5.80. The highest BCUT2D eigenvalue weighted by Crippen LogP contribution is 2.35. The second kappa shape index (κ2) is 4.28. The van der Waals surface area contributed by atoms with E-state index >= 15 is 0 Å². The Morgan fingerprint density at radius 1 is 1.41 bits per heavy atom. The molecule has 0 saturated heterocycles. The lowest BCUT2D eigenvalue weighted by molar-refractivity contribution is 0.0724. The number of rotatable bonds is 3. The van der Waals surface area contributed by atoms with E-state index in [0.29, 0.717) is 5.92 Å². The molecule has 92 valence electrons. The number of aromatic hydroxyl groups is 2. The Morgan fingerprint density at radius 2 is 2.06 bits per heavy atom. The van der Waals surface area contributed by atoms with Crippen molar-refractivity contribution in [2.45, 2.75) is 25.8 Å². The van der Waals surface area contributed by atoms with Crippen LogP contribution in [0.3, 0.4) is 0 Å². The van der Waals surface area contributed by atoms with Gasteiger partial charge in [-0.2, -0.15) is 0 Å². The lowest BCUT2D eigenvalue weighted by Gasteiger charge is -2.25. The fourth-order valence-electron chi connectivity index (χ4n) is 1.97. The molecule has 17 heavy (non-hydrogen) atoms. The summed E-state index contributed by atoms with van der Waals surface area (Å²) in [6.07, 6.45) is 2.32. The maximum atomic E-state index is 12.1. The SMILES string of the molecule is CC(C1CC1)N(C)C(=O)c1cc(O)ccc1O. The van der Waals surface area contributed by atoms with E-state index in [1.54, 1.807) is 11.9 Å². The van der Waals surface area contributed by atoms with E-state index in [1.807, 2.05) is 6.92 Å². The van der Waals surface area contributed by atoms with Gasteiger partial charge in [0.15, 0.2) is 0 Å². The van der Waals surface area contributed by atoms with Crippen LogP contribution >= 0.6 is 0 Å². The van der Waals surface area contributed by atoms with Crippen LogP contribution in [0, 0.1) is 5.92 Å². The van der Waals surface area contributed by atoms with E-state index in [-0.39, 0.29) is 29.0 Å². The van der Waals surface area contributed by atoms with Crippen LogP contribution in [0.4, 0.5) is 0 Å². The molecule has 0 spiro atoms. The Balaban J connectivity index is 2.20. The molecule has 1 fully saturated rings. The summed E-state index contributed by atoms with van der Waals surface area (Å²) in [5, 5.41) is 19.0. The lowest BCUT2D eigenvalue weighted by Crippen LogP contribution is -2.36. The summed E-state index contributed by atoms with van der Waals surface area (Å²) in [7, 11) is 1.73. The van der Waals surface area contributed by atoms with Crippen molar-refractivity contribution in [2.24, 2.45) is 5.92 Å². The molecule has 4 nitrogen and oxygen atoms in total. The van der Waals surface area contributed by atoms with Crippen LogP contribution in [-0.4, -0.2) is 34.1 Å². The van der Waals surface area contributed by atoms with Crippen molar-refractivity contribution in [3.05, 3.63) is 23.8 Å². The molecule has 2 rings (SSSR count). The summed E-state index contributed by atoms with van der Waals surface area (Å²) >= 11 is 0. The summed E-state index contributed by atoms with van der Waals surface area (Å²) in [5.74, 6) is 0.211. The zero-order valence-corrected chi connectivity index (χ0v) is 10.1. The van der Waals surface area contributed by atoms with Crippen LogP contribution < -0.4 is 0 Å². The second-order valence-electron chi connectivity index (χ2n) is 4.70. The Morgan fingerprint density at radius 3 is 2.65 bits per heavy atom. The normalized spacial score (nSPS) is 16.6. The monoisotopic (exact) mass is 235 g/mol. The molecular weight excluding hydrogens is 218 g/mol. The first-order chi connectivity index (χ1) is 8.00. The van der Waals surface area contributed by atoms with E-state index < -0.39 is 0 Å². The van der Waals surface area contributed by atoms with Gasteiger partial charge in [0, 0.05) is 13.1 Å². The van der Waals surface area contributed by atoms with Crippen molar-refractivity contribution in [1.29, 1.82) is 0 Å². The van der Waals surface area contributed by atoms with E-state index in [0.717, 1.165) is 12.8 Å². The topological polar surface area (TPSA) is 60.8 Å². The highest BCUT2D eigenvalue weighted by atomic mass is 16.3. The maximum Gasteiger partial charge on any atom is 0.257 e. The van der Waals surface area contributed by atoms with Crippen molar-refractivity contribution in [2.75, 3.05) is 7.05 Å². The fraction of sp³-hybridized carbons (Fsp3) is 0.462. The molecule has 1 atom stereocenters. The summed E-state index contributed by atoms with van der Waals surface area (Å²) in [5.41, 5.74) is 0.153. The van der Waals surface area contributed by atoms with Crippen LogP contribution in [0.5, 0.6) is 11.5 Å². The predicted octanol–water partition coefficient (Wildman–Crippen LogP) is 1.97. The minimum atomic E-state index is -0.252. The zero-order chi connectivity index (χ0) is 12.6. The number of hydrogen-bond donors (Lipinski definition) is 2. The standard InChI is InChI=1S/C13H17NO3/c1-8(9-3-4-9)14(2)13(17)11-7-10(15)5-6-12(11)16/h5-9,15-16H,3-4H2,1-2H3. The minimum Gasteiger partial charge on any atom is -0.508 e. The fourth-order valence-corrected chi connectivity index (χ4v) is 1.97. The van der Waals surface area contributed by atoms with Gasteiger partial charge in [-0.3, -0.25) is 4.79 Å². The lowest BCUT2D eigenvalue weighted by atomic mass is 10.1. The quantitative estimate of drug-likeness (QED) is 0.787. The number of nitrogens with zero attached hydrogens (tertiary/aromatic N) is 1. The maximum absolute atomic E-state index is 12.1. The third kappa shape index (κ3) is 2.35. The number of phenols is 2. The highest BCUT2D eigenvalue weighted by molar-refractivity contribution is 5.97. The molecule has 1 amide bonds. The molecule has 0 bridgehead atoms. The molecule has 1 aromatic rings. The Bertz CT molecular complexity index is 440. The Kier molecular flexibility index (Phi) is 2.96. The van der Waals surface area contributed by atoms with Gasteiger partial charge < -0.3 is 15.1 Å². The minimum absolute atomic E-state index is 0.0152. The molecule has 0 radical (unpaired) electrons. The van der Waals surface area contributed by atoms with Crippen LogP contribution in [0.2, 0.25) is 0 Å². The molecule has 0 aromatic heterocycles. The summed E-state index contributed by atoms with van der Waals surface area (Å²) in [6.45, 7) is 2.01. The summed E-state index contributed by atoms with van der Waals surface area (Å²) in [4.78, 5) is 13.8. The van der Waals surface area contributed by atoms with Crippen LogP contribution in [0.25, 0.3) is 0 Å². The Labute approximate surface area is 100 Å². The number of amides is 1. The summed E-state index contributed by atoms with van der Waals surface area (Å²) < 4.78 is 0. The smallest absolute Gasteiger partial charge is 0.257 e. The average Bonchev–Trinajstić information content (AvgIpc) is 3.13. The van der Waals surface area contributed by atoms with E-state index in [1.165, 1.54) is 18.2 Å². The first kappa shape index (κ1) is 11.8. The average molecular weight is 235 g/mol. The van der Waals surface area contributed by atoms with Gasteiger partial charge in [-0.25, -0.2) is 0 Å². The number of carbonyl (C=O) groups excluding carboxylic acids is 1. The second-order valence-corrected chi connectivity index (χ2v) is 4.70. The van der Waals surface area contributed by atoms with E-state index in [2.05, 4.69) is 0 Å². The van der Waals surface area contributed by atoms with E-state index in [4.69, 9.17) is 0 Å². The molecule has 4 heteroatoms. The molecule has 1 saturated carbocycles. The van der Waals surface area contributed by atoms with Gasteiger partial charge >= 0.3 is 0 Å². The molecule has 1 unspecified atom stereocenters. The molecule has 1 aliphatic rings. The molecule has 2 N–H and O–H groups in total. The summed E-state index contributed by atoms with van der Waals surface area (Å²) in [6, 6.07) is 4.16. The molecule has 0 heterocycles. The van der Waals surface area contributed by atoms with Gasteiger partial charge in [0.2, 0.25) is 0 Å².